The number of piperidine rings is 1. The monoisotopic (exact) mass is 385 g/mol. The average Bonchev–Trinajstić information content (AvgIpc) is 3.20. The van der Waals surface area contributed by atoms with E-state index in [1.165, 1.54) is 0 Å². The third kappa shape index (κ3) is 3.83. The molecule has 3 atom stereocenters. The van der Waals surface area contributed by atoms with Crippen LogP contribution >= 0.6 is 0 Å². The number of benzene rings is 1. The molecule has 1 saturated carbocycles. The Kier molecular flexibility index (Phi) is 4.68. The zero-order valence-electron chi connectivity index (χ0n) is 16.1. The van der Waals surface area contributed by atoms with Gasteiger partial charge in [0.25, 0.3) is 0 Å². The van der Waals surface area contributed by atoms with Crippen molar-refractivity contribution >= 4 is 28.8 Å². The summed E-state index contributed by atoms with van der Waals surface area (Å²) in [6.07, 6.45) is 9.76. The van der Waals surface area contributed by atoms with Crippen LogP contribution in [0.15, 0.2) is 61.1 Å². The Morgan fingerprint density at radius 2 is 2.00 bits per heavy atom. The summed E-state index contributed by atoms with van der Waals surface area (Å²) in [5, 5.41) is 4.07. The summed E-state index contributed by atoms with van der Waals surface area (Å²) in [7, 11) is 0. The number of pyridine rings is 1. The zero-order chi connectivity index (χ0) is 19.6. The lowest BCUT2D eigenvalue weighted by atomic mass is 10.2. The SMILES string of the molecule is O=C(/C=C/c1cccnc1)NCC[C@@H]1[C@H]2CN(c3ncc4ccccc4n3)C[C@@H]12. The second kappa shape index (κ2) is 7.62. The summed E-state index contributed by atoms with van der Waals surface area (Å²) in [6.45, 7) is 2.76. The molecular formula is C23H23N5O. The molecular weight excluding hydrogens is 362 g/mol. The van der Waals surface area contributed by atoms with Crippen molar-refractivity contribution in [1.82, 2.24) is 20.3 Å². The minimum Gasteiger partial charge on any atom is -0.353 e. The van der Waals surface area contributed by atoms with Crippen LogP contribution in [0, 0.1) is 17.8 Å². The van der Waals surface area contributed by atoms with Crippen LogP contribution in [-0.4, -0.2) is 40.5 Å². The van der Waals surface area contributed by atoms with Crippen molar-refractivity contribution in [2.45, 2.75) is 6.42 Å². The first kappa shape index (κ1) is 17.8. The van der Waals surface area contributed by atoms with E-state index in [9.17, 15) is 4.79 Å². The topological polar surface area (TPSA) is 71.0 Å². The molecule has 3 heterocycles. The van der Waals surface area contributed by atoms with Gasteiger partial charge in [0.1, 0.15) is 0 Å². The van der Waals surface area contributed by atoms with Crippen molar-refractivity contribution < 1.29 is 4.79 Å². The van der Waals surface area contributed by atoms with Gasteiger partial charge in [-0.1, -0.05) is 24.3 Å². The smallest absolute Gasteiger partial charge is 0.244 e. The van der Waals surface area contributed by atoms with E-state index >= 15 is 0 Å². The fourth-order valence-corrected chi connectivity index (χ4v) is 4.42. The van der Waals surface area contributed by atoms with E-state index in [2.05, 4.69) is 20.2 Å². The molecule has 3 aromatic rings. The molecule has 146 valence electrons. The normalized spacial score (nSPS) is 22.8. The van der Waals surface area contributed by atoms with Crippen LogP contribution in [0.2, 0.25) is 0 Å². The summed E-state index contributed by atoms with van der Waals surface area (Å²) in [4.78, 5) is 27.6. The van der Waals surface area contributed by atoms with Crippen LogP contribution in [0.25, 0.3) is 17.0 Å². The average molecular weight is 385 g/mol. The highest BCUT2D eigenvalue weighted by molar-refractivity contribution is 5.91. The molecule has 6 nitrogen and oxygen atoms in total. The van der Waals surface area contributed by atoms with E-state index in [4.69, 9.17) is 4.98 Å². The van der Waals surface area contributed by atoms with Crippen LogP contribution in [0.1, 0.15) is 12.0 Å². The maximum Gasteiger partial charge on any atom is 0.244 e. The number of para-hydroxylation sites is 1. The molecule has 2 aromatic heterocycles. The Hall–Kier alpha value is -3.28. The molecule has 5 rings (SSSR count). The Balaban J connectivity index is 1.08. The molecule has 0 spiro atoms. The van der Waals surface area contributed by atoms with Gasteiger partial charge < -0.3 is 10.2 Å². The molecule has 1 N–H and O–H groups in total. The number of carbonyl (C=O) groups is 1. The lowest BCUT2D eigenvalue weighted by molar-refractivity contribution is -0.116. The van der Waals surface area contributed by atoms with Gasteiger partial charge in [0.2, 0.25) is 11.9 Å². The van der Waals surface area contributed by atoms with E-state index in [1.54, 1.807) is 24.5 Å². The Morgan fingerprint density at radius 1 is 1.14 bits per heavy atom. The third-order valence-electron chi connectivity index (χ3n) is 6.02. The maximum atomic E-state index is 12.0. The molecule has 1 aromatic carbocycles. The predicted molar refractivity (Wildman–Crippen MR) is 113 cm³/mol. The Bertz CT molecular complexity index is 1040. The summed E-state index contributed by atoms with van der Waals surface area (Å²) in [6, 6.07) is 11.9. The van der Waals surface area contributed by atoms with E-state index in [0.717, 1.165) is 48.5 Å². The van der Waals surface area contributed by atoms with E-state index in [0.29, 0.717) is 17.8 Å². The number of fused-ring (bicyclic) bond motifs is 2. The standard InChI is InChI=1S/C23H23N5O/c29-22(8-7-16-4-3-10-24-12-16)25-11-9-18-19-14-28(15-20(18)19)23-26-13-17-5-1-2-6-21(17)27-23/h1-8,10,12-13,18-20H,9,11,14-15H2,(H,25,29)/b8-7+/t18-,19-,20+. The van der Waals surface area contributed by atoms with Crippen LogP contribution in [0.5, 0.6) is 0 Å². The number of carbonyl (C=O) groups excluding carboxylic acids is 1. The van der Waals surface area contributed by atoms with Gasteiger partial charge in [-0.05, 0) is 47.9 Å². The molecule has 0 bridgehead atoms. The molecule has 6 heteroatoms. The van der Waals surface area contributed by atoms with Crippen molar-refractivity contribution in [3.63, 3.8) is 0 Å². The molecule has 2 aliphatic rings. The van der Waals surface area contributed by atoms with Gasteiger partial charge in [0.15, 0.2) is 0 Å². The number of anilines is 1. The molecule has 29 heavy (non-hydrogen) atoms. The maximum absolute atomic E-state index is 12.0. The Morgan fingerprint density at radius 3 is 2.83 bits per heavy atom. The molecule has 1 aliphatic carbocycles. The second-order valence-corrected chi connectivity index (χ2v) is 7.82. The first-order valence-electron chi connectivity index (χ1n) is 10.1. The van der Waals surface area contributed by atoms with Crippen molar-refractivity contribution in [1.29, 1.82) is 0 Å². The van der Waals surface area contributed by atoms with E-state index in [1.807, 2.05) is 42.6 Å². The number of amides is 1. The number of aromatic nitrogens is 3. The summed E-state index contributed by atoms with van der Waals surface area (Å²) >= 11 is 0. The van der Waals surface area contributed by atoms with E-state index < -0.39 is 0 Å². The first-order chi connectivity index (χ1) is 14.3. The van der Waals surface area contributed by atoms with Gasteiger partial charge in [-0.3, -0.25) is 9.78 Å². The molecule has 1 aliphatic heterocycles. The lowest BCUT2D eigenvalue weighted by Crippen LogP contribution is -2.27. The first-order valence-corrected chi connectivity index (χ1v) is 10.1. The van der Waals surface area contributed by atoms with Gasteiger partial charge in [0.05, 0.1) is 5.52 Å². The number of rotatable bonds is 6. The van der Waals surface area contributed by atoms with Crippen molar-refractivity contribution in [2.24, 2.45) is 17.8 Å². The van der Waals surface area contributed by atoms with Crippen molar-refractivity contribution in [3.8, 4) is 0 Å². The minimum absolute atomic E-state index is 0.0501. The van der Waals surface area contributed by atoms with Gasteiger partial charge in [-0.2, -0.15) is 0 Å². The van der Waals surface area contributed by atoms with Crippen LogP contribution in [0.4, 0.5) is 5.95 Å². The quantitative estimate of drug-likeness (QED) is 0.661. The highest BCUT2D eigenvalue weighted by Crippen LogP contribution is 2.53. The number of hydrogen-bond acceptors (Lipinski definition) is 5. The lowest BCUT2D eigenvalue weighted by Gasteiger charge is -2.20. The molecule has 2 fully saturated rings. The number of nitrogens with one attached hydrogen (secondary N) is 1. The third-order valence-corrected chi connectivity index (χ3v) is 6.02. The molecule has 1 amide bonds. The zero-order valence-corrected chi connectivity index (χ0v) is 16.1. The van der Waals surface area contributed by atoms with Gasteiger partial charge in [-0.15, -0.1) is 0 Å². The van der Waals surface area contributed by atoms with Crippen molar-refractivity contribution in [3.05, 3.63) is 66.6 Å². The molecule has 1 saturated heterocycles. The highest BCUT2D eigenvalue weighted by Gasteiger charge is 2.55. The largest absolute Gasteiger partial charge is 0.353 e. The summed E-state index contributed by atoms with van der Waals surface area (Å²) in [5.41, 5.74) is 1.92. The van der Waals surface area contributed by atoms with Gasteiger partial charge >= 0.3 is 0 Å². The van der Waals surface area contributed by atoms with Crippen LogP contribution in [0.3, 0.4) is 0 Å². The van der Waals surface area contributed by atoms with Crippen molar-refractivity contribution in [2.75, 3.05) is 24.5 Å². The molecule has 0 radical (unpaired) electrons. The Labute approximate surface area is 169 Å². The molecule has 0 unspecified atom stereocenters. The summed E-state index contributed by atoms with van der Waals surface area (Å²) < 4.78 is 0. The van der Waals surface area contributed by atoms with E-state index in [-0.39, 0.29) is 5.91 Å². The fourth-order valence-electron chi connectivity index (χ4n) is 4.42. The van der Waals surface area contributed by atoms with Crippen LogP contribution < -0.4 is 10.2 Å². The number of nitrogens with zero attached hydrogens (tertiary/aromatic N) is 4. The summed E-state index contributed by atoms with van der Waals surface area (Å²) in [5.74, 6) is 2.89. The number of hydrogen-bond donors (Lipinski definition) is 1. The minimum atomic E-state index is -0.0501. The highest BCUT2D eigenvalue weighted by atomic mass is 16.1. The van der Waals surface area contributed by atoms with Gasteiger partial charge in [-0.25, -0.2) is 9.97 Å². The predicted octanol–water partition coefficient (Wildman–Crippen LogP) is 2.93. The van der Waals surface area contributed by atoms with Crippen LogP contribution in [-0.2, 0) is 4.79 Å². The van der Waals surface area contributed by atoms with Gasteiger partial charge in [0, 0.05) is 49.7 Å². The fraction of sp³-hybridized carbons (Fsp3) is 0.304. The second-order valence-electron chi connectivity index (χ2n) is 7.82.